The number of carboxylic acids is 1. The summed E-state index contributed by atoms with van der Waals surface area (Å²) in [6.07, 6.45) is -4.72. The van der Waals surface area contributed by atoms with Crippen LogP contribution in [0.2, 0.25) is 5.02 Å². The van der Waals surface area contributed by atoms with Crippen LogP contribution in [-0.4, -0.2) is 27.8 Å². The van der Waals surface area contributed by atoms with Crippen LogP contribution in [0.15, 0.2) is 90.0 Å². The number of aromatic carboxylic acids is 1. The third-order valence-electron chi connectivity index (χ3n) is 6.06. The van der Waals surface area contributed by atoms with Gasteiger partial charge in [0.1, 0.15) is 5.75 Å². The first-order valence-electron chi connectivity index (χ1n) is 11.4. The number of rotatable bonds is 5. The summed E-state index contributed by atoms with van der Waals surface area (Å²) in [7, 11) is 0. The number of benzene rings is 4. The molecule has 0 bridgehead atoms. The Labute approximate surface area is 224 Å². The van der Waals surface area contributed by atoms with Gasteiger partial charge in [-0.15, -0.1) is 0 Å². The van der Waals surface area contributed by atoms with Crippen LogP contribution in [0.5, 0.6) is 5.75 Å². The highest BCUT2D eigenvalue weighted by atomic mass is 35.5. The summed E-state index contributed by atoms with van der Waals surface area (Å²) < 4.78 is 40.4. The van der Waals surface area contributed by atoms with Gasteiger partial charge in [0.05, 0.1) is 33.2 Å². The molecule has 0 unspecified atom stereocenters. The predicted molar refractivity (Wildman–Crippen MR) is 141 cm³/mol. The number of phenolic OH excluding ortho intramolecular Hbond substituents is 1. The molecule has 4 aromatic rings. The molecule has 1 aliphatic rings. The van der Waals surface area contributed by atoms with Gasteiger partial charge in [0.2, 0.25) is 0 Å². The van der Waals surface area contributed by atoms with Crippen LogP contribution < -0.4 is 10.3 Å². The van der Waals surface area contributed by atoms with E-state index in [-0.39, 0.29) is 28.4 Å². The van der Waals surface area contributed by atoms with Gasteiger partial charge in [-0.3, -0.25) is 15.1 Å². The molecule has 0 aliphatic carbocycles. The molecule has 4 aromatic carbocycles. The average molecular weight is 552 g/mol. The van der Waals surface area contributed by atoms with E-state index in [1.54, 1.807) is 48.5 Å². The number of phenols is 1. The largest absolute Gasteiger partial charge is 0.505 e. The Kier molecular flexibility index (Phi) is 6.49. The lowest BCUT2D eigenvalue weighted by molar-refractivity contribution is -0.137. The number of hydrazone groups is 1. The highest BCUT2D eigenvalue weighted by Crippen LogP contribution is 2.41. The van der Waals surface area contributed by atoms with Crippen LogP contribution in [0.1, 0.15) is 21.5 Å². The molecule has 1 amide bonds. The highest BCUT2D eigenvalue weighted by Gasteiger charge is 2.38. The lowest BCUT2D eigenvalue weighted by Gasteiger charge is -2.19. The second kappa shape index (κ2) is 9.80. The Morgan fingerprint density at radius 3 is 2.38 bits per heavy atom. The van der Waals surface area contributed by atoms with Crippen molar-refractivity contribution in [1.82, 2.24) is 0 Å². The summed E-state index contributed by atoms with van der Waals surface area (Å²) in [5, 5.41) is 23.8. The summed E-state index contributed by atoms with van der Waals surface area (Å²) >= 11 is 5.76. The highest BCUT2D eigenvalue weighted by molar-refractivity contribution is 6.55. The quantitative estimate of drug-likeness (QED) is 0.184. The van der Waals surface area contributed by atoms with Crippen molar-refractivity contribution in [2.45, 2.75) is 6.18 Å². The molecule has 1 heterocycles. The molecule has 7 nitrogen and oxygen atoms in total. The van der Waals surface area contributed by atoms with E-state index in [2.05, 4.69) is 10.5 Å². The van der Waals surface area contributed by atoms with Gasteiger partial charge in [0, 0.05) is 11.1 Å². The molecule has 196 valence electrons. The Morgan fingerprint density at radius 2 is 1.64 bits per heavy atom. The number of amides is 1. The SMILES string of the molecule is O=C(O)c1cccc(-c2cccc(NN=C3C(=O)N(c4ccc(Cl)c(C(F)(F)F)c4)c4ccccc43)c2O)c1. The molecule has 0 saturated heterocycles. The first-order chi connectivity index (χ1) is 18.6. The number of carbonyl (C=O) groups excluding carboxylic acids is 1. The number of nitrogens with zero attached hydrogens (tertiary/aromatic N) is 2. The van der Waals surface area contributed by atoms with Crippen LogP contribution in [-0.2, 0) is 11.0 Å². The lowest BCUT2D eigenvalue weighted by Crippen LogP contribution is -2.26. The van der Waals surface area contributed by atoms with Crippen molar-refractivity contribution in [3.8, 4) is 16.9 Å². The summed E-state index contributed by atoms with van der Waals surface area (Å²) in [5.41, 5.74) is 3.06. The van der Waals surface area contributed by atoms with E-state index in [0.717, 1.165) is 17.0 Å². The zero-order valence-electron chi connectivity index (χ0n) is 19.7. The van der Waals surface area contributed by atoms with E-state index in [4.69, 9.17) is 11.6 Å². The standard InChI is InChI=1S/C28H17ClF3N3O4/c29-21-12-11-17(14-20(21)28(30,31)32)35-23-10-2-1-7-19(23)24(26(35)37)34-33-22-9-4-8-18(25(22)36)15-5-3-6-16(13-15)27(38)39/h1-14,33,36H,(H,38,39). The molecule has 11 heteroatoms. The first-order valence-corrected chi connectivity index (χ1v) is 11.7. The maximum absolute atomic E-state index is 13.5. The van der Waals surface area contributed by atoms with Gasteiger partial charge >= 0.3 is 12.1 Å². The van der Waals surface area contributed by atoms with Crippen LogP contribution in [0, 0.1) is 0 Å². The molecule has 0 saturated carbocycles. The Hall–Kier alpha value is -4.83. The van der Waals surface area contributed by atoms with Crippen molar-refractivity contribution >= 4 is 46.3 Å². The van der Waals surface area contributed by atoms with Crippen molar-refractivity contribution in [2.75, 3.05) is 10.3 Å². The van der Waals surface area contributed by atoms with Crippen molar-refractivity contribution in [2.24, 2.45) is 5.10 Å². The van der Waals surface area contributed by atoms with E-state index in [1.807, 2.05) is 0 Å². The molecule has 39 heavy (non-hydrogen) atoms. The number of aromatic hydroxyl groups is 1. The van der Waals surface area contributed by atoms with Crippen LogP contribution >= 0.6 is 11.6 Å². The average Bonchev–Trinajstić information content (AvgIpc) is 3.19. The monoisotopic (exact) mass is 551 g/mol. The van der Waals surface area contributed by atoms with E-state index >= 15 is 0 Å². The number of alkyl halides is 3. The number of carbonyl (C=O) groups is 2. The second-order valence-corrected chi connectivity index (χ2v) is 8.89. The zero-order valence-corrected chi connectivity index (χ0v) is 20.5. The number of anilines is 3. The first kappa shape index (κ1) is 25.8. The molecule has 0 radical (unpaired) electrons. The van der Waals surface area contributed by atoms with E-state index in [9.17, 15) is 33.0 Å². The molecule has 0 fully saturated rings. The molecular weight excluding hydrogens is 535 g/mol. The fourth-order valence-corrected chi connectivity index (χ4v) is 4.46. The Bertz CT molecular complexity index is 1670. The number of fused-ring (bicyclic) bond motifs is 1. The van der Waals surface area contributed by atoms with Gasteiger partial charge in [-0.2, -0.15) is 18.3 Å². The van der Waals surface area contributed by atoms with Crippen molar-refractivity contribution in [3.05, 3.63) is 107 Å². The number of hydrogen-bond donors (Lipinski definition) is 3. The summed E-state index contributed by atoms with van der Waals surface area (Å²) in [5.74, 6) is -2.06. The minimum absolute atomic E-state index is 0.0367. The molecule has 1 aliphatic heterocycles. The third-order valence-corrected chi connectivity index (χ3v) is 6.39. The topological polar surface area (TPSA) is 102 Å². The molecule has 5 rings (SSSR count). The van der Waals surface area contributed by atoms with Crippen LogP contribution in [0.3, 0.4) is 0 Å². The smallest absolute Gasteiger partial charge is 0.417 e. The minimum Gasteiger partial charge on any atom is -0.505 e. The van der Waals surface area contributed by atoms with Crippen molar-refractivity contribution in [3.63, 3.8) is 0 Å². The molecule has 3 N–H and O–H groups in total. The summed E-state index contributed by atoms with van der Waals surface area (Å²) in [6.45, 7) is 0. The molecule has 0 spiro atoms. The zero-order chi connectivity index (χ0) is 27.9. The summed E-state index contributed by atoms with van der Waals surface area (Å²) in [4.78, 5) is 25.9. The predicted octanol–water partition coefficient (Wildman–Crippen LogP) is 6.92. The van der Waals surface area contributed by atoms with E-state index < -0.39 is 28.6 Å². The number of halogens is 4. The van der Waals surface area contributed by atoms with E-state index in [1.165, 1.54) is 24.3 Å². The van der Waals surface area contributed by atoms with Crippen LogP contribution in [0.4, 0.5) is 30.2 Å². The van der Waals surface area contributed by atoms with Gasteiger partial charge in [0.15, 0.2) is 5.71 Å². The number of hydrogen-bond acceptors (Lipinski definition) is 5. The normalized spacial score (nSPS) is 14.0. The fourth-order valence-electron chi connectivity index (χ4n) is 4.24. The number of nitrogens with one attached hydrogen (secondary N) is 1. The maximum atomic E-state index is 13.5. The van der Waals surface area contributed by atoms with Gasteiger partial charge < -0.3 is 10.2 Å². The Morgan fingerprint density at radius 1 is 0.923 bits per heavy atom. The fraction of sp³-hybridized carbons (Fsp3) is 0.0357. The van der Waals surface area contributed by atoms with Gasteiger partial charge in [-0.25, -0.2) is 4.79 Å². The lowest BCUT2D eigenvalue weighted by atomic mass is 10.0. The molecule has 0 aromatic heterocycles. The van der Waals surface area contributed by atoms with Crippen LogP contribution in [0.25, 0.3) is 11.1 Å². The maximum Gasteiger partial charge on any atom is 0.417 e. The minimum atomic E-state index is -4.72. The van der Waals surface area contributed by atoms with Crippen molar-refractivity contribution < 1.29 is 33.0 Å². The van der Waals surface area contributed by atoms with Crippen molar-refractivity contribution in [1.29, 1.82) is 0 Å². The van der Waals surface area contributed by atoms with Gasteiger partial charge in [0.25, 0.3) is 5.91 Å². The molecular formula is C28H17ClF3N3O4. The van der Waals surface area contributed by atoms with Gasteiger partial charge in [-0.05, 0) is 48.0 Å². The molecule has 0 atom stereocenters. The number of para-hydroxylation sites is 2. The second-order valence-electron chi connectivity index (χ2n) is 8.48. The number of carboxylic acid groups (broad SMARTS) is 1. The Balaban J connectivity index is 1.52. The summed E-state index contributed by atoms with van der Waals surface area (Å²) in [6, 6.07) is 20.3. The third kappa shape index (κ3) is 4.77. The van der Waals surface area contributed by atoms with Gasteiger partial charge in [-0.1, -0.05) is 54.1 Å². The van der Waals surface area contributed by atoms with E-state index in [0.29, 0.717) is 22.4 Å².